The van der Waals surface area contributed by atoms with Gasteiger partial charge in [0.25, 0.3) is 0 Å². The number of nitrogens with one attached hydrogen (secondary N) is 1. The van der Waals surface area contributed by atoms with Crippen LogP contribution >= 0.6 is 0 Å². The molecule has 0 saturated carbocycles. The Labute approximate surface area is 125 Å². The van der Waals surface area contributed by atoms with E-state index in [4.69, 9.17) is 0 Å². The van der Waals surface area contributed by atoms with Gasteiger partial charge in [0.2, 0.25) is 0 Å². The molecule has 1 aliphatic heterocycles. The lowest BCUT2D eigenvalue weighted by atomic mass is 10.0. The number of nitrogens with zero attached hydrogens (tertiary/aromatic N) is 1. The summed E-state index contributed by atoms with van der Waals surface area (Å²) in [6, 6.07) is 13.9. The Kier molecular flexibility index (Phi) is 4.20. The third-order valence-corrected chi connectivity index (χ3v) is 4.06. The maximum Gasteiger partial charge on any atom is 0.128 e. The minimum Gasteiger partial charge on any atom is -0.367 e. The number of aryl methyl sites for hydroxylation is 1. The third kappa shape index (κ3) is 3.08. The van der Waals surface area contributed by atoms with Crippen LogP contribution in [0.5, 0.6) is 0 Å². The first-order valence-corrected chi connectivity index (χ1v) is 7.52. The van der Waals surface area contributed by atoms with Gasteiger partial charge >= 0.3 is 0 Å². The number of hydrogen-bond acceptors (Lipinski definition) is 2. The molecule has 1 N–H and O–H groups in total. The van der Waals surface area contributed by atoms with Gasteiger partial charge in [-0.3, -0.25) is 0 Å². The van der Waals surface area contributed by atoms with Gasteiger partial charge < -0.3 is 10.2 Å². The molecular weight excluding hydrogens is 263 g/mol. The second kappa shape index (κ2) is 6.27. The van der Waals surface area contributed by atoms with Gasteiger partial charge in [-0.15, -0.1) is 0 Å². The average molecular weight is 284 g/mol. The van der Waals surface area contributed by atoms with Crippen LogP contribution in [0.15, 0.2) is 42.5 Å². The van der Waals surface area contributed by atoms with Crippen molar-refractivity contribution in [2.45, 2.75) is 25.9 Å². The van der Waals surface area contributed by atoms with Crippen LogP contribution in [0.4, 0.5) is 10.1 Å². The molecule has 2 aromatic rings. The van der Waals surface area contributed by atoms with E-state index in [1.54, 1.807) is 6.07 Å². The SMILES string of the molecule is CNCc1ccc(F)c(CN2CCCc3ccccc32)c1. The molecule has 3 heteroatoms. The van der Waals surface area contributed by atoms with Crippen LogP contribution in [0.25, 0.3) is 0 Å². The first-order valence-electron chi connectivity index (χ1n) is 7.52. The normalized spacial score (nSPS) is 14.1. The highest BCUT2D eigenvalue weighted by atomic mass is 19.1. The zero-order valence-corrected chi connectivity index (χ0v) is 12.4. The molecule has 0 fully saturated rings. The lowest BCUT2D eigenvalue weighted by molar-refractivity contribution is 0.596. The molecule has 0 aromatic heterocycles. The number of rotatable bonds is 4. The van der Waals surface area contributed by atoms with Crippen molar-refractivity contribution >= 4 is 5.69 Å². The fourth-order valence-electron chi connectivity index (χ4n) is 3.04. The highest BCUT2D eigenvalue weighted by Gasteiger charge is 2.17. The van der Waals surface area contributed by atoms with Crippen molar-refractivity contribution < 1.29 is 4.39 Å². The van der Waals surface area contributed by atoms with Crippen LogP contribution in [-0.4, -0.2) is 13.6 Å². The summed E-state index contributed by atoms with van der Waals surface area (Å²) in [6.45, 7) is 2.40. The standard InChI is InChI=1S/C18H21FN2/c1-20-12-14-8-9-17(19)16(11-14)13-21-10-4-6-15-5-2-3-7-18(15)21/h2-3,5,7-9,11,20H,4,6,10,12-13H2,1H3. The Morgan fingerprint density at radius 1 is 1.19 bits per heavy atom. The van der Waals surface area contributed by atoms with Crippen molar-refractivity contribution in [1.82, 2.24) is 5.32 Å². The number of benzene rings is 2. The molecule has 3 rings (SSSR count). The zero-order valence-electron chi connectivity index (χ0n) is 12.4. The molecule has 0 amide bonds. The lowest BCUT2D eigenvalue weighted by Crippen LogP contribution is -2.29. The Hall–Kier alpha value is -1.87. The summed E-state index contributed by atoms with van der Waals surface area (Å²) >= 11 is 0. The largest absolute Gasteiger partial charge is 0.367 e. The second-order valence-electron chi connectivity index (χ2n) is 5.61. The van der Waals surface area contributed by atoms with Crippen molar-refractivity contribution in [3.05, 3.63) is 65.0 Å². The predicted octanol–water partition coefficient (Wildman–Crippen LogP) is 3.50. The first-order chi connectivity index (χ1) is 10.3. The highest BCUT2D eigenvalue weighted by Crippen LogP contribution is 2.28. The van der Waals surface area contributed by atoms with Crippen molar-refractivity contribution in [3.63, 3.8) is 0 Å². The molecule has 110 valence electrons. The monoisotopic (exact) mass is 284 g/mol. The Morgan fingerprint density at radius 3 is 2.90 bits per heavy atom. The van der Waals surface area contributed by atoms with E-state index in [0.717, 1.165) is 37.1 Å². The topological polar surface area (TPSA) is 15.3 Å². The van der Waals surface area contributed by atoms with Crippen LogP contribution in [0.2, 0.25) is 0 Å². The molecular formula is C18H21FN2. The van der Waals surface area contributed by atoms with Gasteiger partial charge in [0.1, 0.15) is 5.82 Å². The van der Waals surface area contributed by atoms with Gasteiger partial charge in [0.05, 0.1) is 0 Å². The Morgan fingerprint density at radius 2 is 2.05 bits per heavy atom. The van der Waals surface area contributed by atoms with E-state index in [-0.39, 0.29) is 5.82 Å². The van der Waals surface area contributed by atoms with E-state index < -0.39 is 0 Å². The smallest absolute Gasteiger partial charge is 0.128 e. The van der Waals surface area contributed by atoms with Gasteiger partial charge in [-0.05, 0) is 49.2 Å². The van der Waals surface area contributed by atoms with Crippen molar-refractivity contribution in [2.75, 3.05) is 18.5 Å². The van der Waals surface area contributed by atoms with E-state index in [1.807, 2.05) is 19.2 Å². The summed E-state index contributed by atoms with van der Waals surface area (Å²) in [5, 5.41) is 3.11. The molecule has 2 nitrogen and oxygen atoms in total. The lowest BCUT2D eigenvalue weighted by Gasteiger charge is -2.31. The molecule has 0 aliphatic carbocycles. The van der Waals surface area contributed by atoms with Crippen LogP contribution in [0.1, 0.15) is 23.1 Å². The summed E-state index contributed by atoms with van der Waals surface area (Å²) in [5.74, 6) is -0.113. The minimum absolute atomic E-state index is 0.113. The van der Waals surface area contributed by atoms with E-state index in [1.165, 1.54) is 11.3 Å². The number of anilines is 1. The third-order valence-electron chi connectivity index (χ3n) is 4.06. The Balaban J connectivity index is 1.86. The minimum atomic E-state index is -0.113. The van der Waals surface area contributed by atoms with Crippen LogP contribution in [-0.2, 0) is 19.5 Å². The number of hydrogen-bond donors (Lipinski definition) is 1. The molecule has 0 saturated heterocycles. The molecule has 2 aromatic carbocycles. The van der Waals surface area contributed by atoms with Crippen LogP contribution < -0.4 is 10.2 Å². The van der Waals surface area contributed by atoms with Gasteiger partial charge in [-0.1, -0.05) is 24.3 Å². The fraction of sp³-hybridized carbons (Fsp3) is 0.333. The molecule has 0 radical (unpaired) electrons. The summed E-state index contributed by atoms with van der Waals surface area (Å²) in [4.78, 5) is 2.29. The predicted molar refractivity (Wildman–Crippen MR) is 85.0 cm³/mol. The maximum atomic E-state index is 14.1. The molecule has 1 heterocycles. The molecule has 0 unspecified atom stereocenters. The van der Waals surface area contributed by atoms with Gasteiger partial charge in [-0.2, -0.15) is 0 Å². The number of halogens is 1. The van der Waals surface area contributed by atoms with E-state index in [0.29, 0.717) is 6.54 Å². The molecule has 21 heavy (non-hydrogen) atoms. The number of para-hydroxylation sites is 1. The highest BCUT2D eigenvalue weighted by molar-refractivity contribution is 5.55. The summed E-state index contributed by atoms with van der Waals surface area (Å²) < 4.78 is 14.1. The maximum absolute atomic E-state index is 14.1. The zero-order chi connectivity index (χ0) is 14.7. The summed E-state index contributed by atoms with van der Waals surface area (Å²) in [6.07, 6.45) is 2.25. The molecule has 0 atom stereocenters. The van der Waals surface area contributed by atoms with Crippen molar-refractivity contribution in [3.8, 4) is 0 Å². The summed E-state index contributed by atoms with van der Waals surface area (Å²) in [7, 11) is 1.91. The molecule has 1 aliphatic rings. The quantitative estimate of drug-likeness (QED) is 0.924. The second-order valence-corrected chi connectivity index (χ2v) is 5.61. The molecule has 0 spiro atoms. The first kappa shape index (κ1) is 14.1. The van der Waals surface area contributed by atoms with E-state index in [9.17, 15) is 4.39 Å². The number of fused-ring (bicyclic) bond motifs is 1. The van der Waals surface area contributed by atoms with Crippen LogP contribution in [0.3, 0.4) is 0 Å². The average Bonchev–Trinajstić information content (AvgIpc) is 2.51. The van der Waals surface area contributed by atoms with E-state index >= 15 is 0 Å². The van der Waals surface area contributed by atoms with Gasteiger partial charge in [0, 0.05) is 30.9 Å². The van der Waals surface area contributed by atoms with Gasteiger partial charge in [-0.25, -0.2) is 4.39 Å². The van der Waals surface area contributed by atoms with Gasteiger partial charge in [0.15, 0.2) is 0 Å². The Bertz CT molecular complexity index is 624. The van der Waals surface area contributed by atoms with Crippen molar-refractivity contribution in [2.24, 2.45) is 0 Å². The summed E-state index contributed by atoms with van der Waals surface area (Å²) in [5.41, 5.74) is 4.52. The fourth-order valence-corrected chi connectivity index (χ4v) is 3.04. The van der Waals surface area contributed by atoms with Crippen molar-refractivity contribution in [1.29, 1.82) is 0 Å². The van der Waals surface area contributed by atoms with E-state index in [2.05, 4.69) is 34.5 Å². The van der Waals surface area contributed by atoms with Crippen LogP contribution in [0, 0.1) is 5.82 Å². The molecule has 0 bridgehead atoms.